The number of rotatable bonds is 5. The van der Waals surface area contributed by atoms with E-state index < -0.39 is 0 Å². The lowest BCUT2D eigenvalue weighted by atomic mass is 10.1. The van der Waals surface area contributed by atoms with Gasteiger partial charge in [0, 0.05) is 55.7 Å². The maximum Gasteiger partial charge on any atom is 0.184 e. The minimum atomic E-state index is -0.0208. The fraction of sp³-hybridized carbons (Fsp3) is 0.261. The van der Waals surface area contributed by atoms with Gasteiger partial charge in [-0.1, -0.05) is 23.7 Å². The van der Waals surface area contributed by atoms with Crippen LogP contribution < -0.4 is 4.90 Å². The van der Waals surface area contributed by atoms with Crippen LogP contribution in [-0.2, 0) is 6.42 Å². The van der Waals surface area contributed by atoms with Gasteiger partial charge in [-0.25, -0.2) is 19.9 Å². The molecule has 32 heavy (non-hydrogen) atoms. The first-order valence-electron chi connectivity index (χ1n) is 10.4. The summed E-state index contributed by atoms with van der Waals surface area (Å²) in [4.78, 5) is 36.1. The molecule has 0 bridgehead atoms. The van der Waals surface area contributed by atoms with Crippen LogP contribution in [-0.4, -0.2) is 63.8 Å². The van der Waals surface area contributed by atoms with Crippen LogP contribution in [0.2, 0.25) is 4.47 Å². The molecule has 5 rings (SSSR count). The lowest BCUT2D eigenvalue weighted by molar-refractivity contribution is 0.0991. The van der Waals surface area contributed by atoms with Crippen LogP contribution in [0.1, 0.15) is 16.2 Å². The molecule has 3 aromatic heterocycles. The summed E-state index contributed by atoms with van der Waals surface area (Å²) in [5.74, 6) is 1.32. The molecule has 1 aliphatic heterocycles. The van der Waals surface area contributed by atoms with E-state index in [0.29, 0.717) is 15.9 Å². The van der Waals surface area contributed by atoms with Gasteiger partial charge in [-0.05, 0) is 30.8 Å². The summed E-state index contributed by atoms with van der Waals surface area (Å²) in [5, 5.41) is 0.918. The Morgan fingerprint density at radius 3 is 2.69 bits per heavy atom. The van der Waals surface area contributed by atoms with E-state index in [1.54, 1.807) is 24.7 Å². The minimum absolute atomic E-state index is 0.0208. The van der Waals surface area contributed by atoms with Crippen LogP contribution >= 0.6 is 22.9 Å². The number of carbonyl (C=O) groups excluding carboxylic acids is 1. The predicted octanol–water partition coefficient (Wildman–Crippen LogP) is 3.98. The molecule has 0 aliphatic carbocycles. The van der Waals surface area contributed by atoms with E-state index in [4.69, 9.17) is 11.6 Å². The van der Waals surface area contributed by atoms with Crippen molar-refractivity contribution in [3.05, 3.63) is 64.8 Å². The standard InChI is InChI=1S/C23H21ClN6OS/c1-29-6-8-30(9-7-29)22-11-15(4-5-25-22)19(31)12-21-26-13-17-3-2-16(10-18(17)28-21)20-14-27-23(24)32-20/h2-5,10-11,13-14H,6-9,12H2,1H3. The summed E-state index contributed by atoms with van der Waals surface area (Å²) < 4.78 is 0.502. The lowest BCUT2D eigenvalue weighted by Crippen LogP contribution is -2.44. The Morgan fingerprint density at radius 1 is 1.06 bits per heavy atom. The maximum absolute atomic E-state index is 13.0. The topological polar surface area (TPSA) is 75.1 Å². The number of carbonyl (C=O) groups is 1. The Kier molecular flexibility index (Phi) is 5.82. The second-order valence-electron chi connectivity index (χ2n) is 7.83. The van der Waals surface area contributed by atoms with Gasteiger partial charge in [0.1, 0.15) is 11.6 Å². The molecule has 0 unspecified atom stereocenters. The highest BCUT2D eigenvalue weighted by Gasteiger charge is 2.17. The third-order valence-corrected chi connectivity index (χ3v) is 6.77. The number of Topliss-reactive ketones (excluding diaryl/α,β-unsaturated/α-hetero) is 1. The van der Waals surface area contributed by atoms with Gasteiger partial charge < -0.3 is 9.80 Å². The molecule has 1 aromatic carbocycles. The van der Waals surface area contributed by atoms with Crippen molar-refractivity contribution in [3.8, 4) is 10.4 Å². The van der Waals surface area contributed by atoms with Crippen molar-refractivity contribution < 1.29 is 4.79 Å². The first-order chi connectivity index (χ1) is 15.5. The molecular weight excluding hydrogens is 444 g/mol. The van der Waals surface area contributed by atoms with Crippen LogP contribution in [0.25, 0.3) is 21.3 Å². The van der Waals surface area contributed by atoms with Gasteiger partial charge in [0.05, 0.1) is 16.8 Å². The Balaban J connectivity index is 1.36. The van der Waals surface area contributed by atoms with Crippen molar-refractivity contribution in [3.63, 3.8) is 0 Å². The number of hydrogen-bond acceptors (Lipinski definition) is 8. The number of halogens is 1. The number of pyridine rings is 1. The lowest BCUT2D eigenvalue weighted by Gasteiger charge is -2.33. The van der Waals surface area contributed by atoms with Crippen molar-refractivity contribution in [1.82, 2.24) is 24.8 Å². The number of aromatic nitrogens is 4. The highest BCUT2D eigenvalue weighted by Crippen LogP contribution is 2.30. The number of ketones is 1. The largest absolute Gasteiger partial charge is 0.354 e. The molecule has 0 amide bonds. The molecule has 9 heteroatoms. The molecule has 4 aromatic rings. The van der Waals surface area contributed by atoms with Crippen LogP contribution in [0.5, 0.6) is 0 Å². The van der Waals surface area contributed by atoms with Gasteiger partial charge in [-0.15, -0.1) is 11.3 Å². The van der Waals surface area contributed by atoms with Gasteiger partial charge in [-0.2, -0.15) is 0 Å². The normalized spacial score (nSPS) is 14.8. The highest BCUT2D eigenvalue weighted by atomic mass is 35.5. The van der Waals surface area contributed by atoms with Crippen molar-refractivity contribution in [2.75, 3.05) is 38.1 Å². The zero-order valence-corrected chi connectivity index (χ0v) is 19.1. The Bertz CT molecular complexity index is 1280. The quantitative estimate of drug-likeness (QED) is 0.413. The van der Waals surface area contributed by atoms with Crippen molar-refractivity contribution in [2.45, 2.75) is 6.42 Å². The number of thiazole rings is 1. The predicted molar refractivity (Wildman–Crippen MR) is 128 cm³/mol. The Labute approximate surface area is 194 Å². The summed E-state index contributed by atoms with van der Waals surface area (Å²) in [6.45, 7) is 3.78. The molecule has 7 nitrogen and oxygen atoms in total. The Hall–Kier alpha value is -2.94. The fourth-order valence-electron chi connectivity index (χ4n) is 3.73. The molecule has 1 saturated heterocycles. The van der Waals surface area contributed by atoms with Crippen molar-refractivity contribution in [2.24, 2.45) is 0 Å². The number of hydrogen-bond donors (Lipinski definition) is 0. The van der Waals surface area contributed by atoms with E-state index >= 15 is 0 Å². The second-order valence-corrected chi connectivity index (χ2v) is 9.44. The van der Waals surface area contributed by atoms with Gasteiger partial charge in [0.15, 0.2) is 10.3 Å². The van der Waals surface area contributed by atoms with E-state index in [2.05, 4.69) is 36.8 Å². The summed E-state index contributed by atoms with van der Waals surface area (Å²) in [6.07, 6.45) is 5.35. The van der Waals surface area contributed by atoms with Gasteiger partial charge in [0.25, 0.3) is 0 Å². The van der Waals surface area contributed by atoms with E-state index in [1.165, 1.54) is 11.3 Å². The first kappa shape index (κ1) is 20.9. The van der Waals surface area contributed by atoms with E-state index in [0.717, 1.165) is 53.3 Å². The molecular formula is C23H21ClN6OS. The van der Waals surface area contributed by atoms with Gasteiger partial charge >= 0.3 is 0 Å². The minimum Gasteiger partial charge on any atom is -0.354 e. The summed E-state index contributed by atoms with van der Waals surface area (Å²) in [6, 6.07) is 9.58. The molecule has 1 aliphatic rings. The molecule has 4 heterocycles. The fourth-order valence-corrected chi connectivity index (χ4v) is 4.67. The second kappa shape index (κ2) is 8.90. The third-order valence-electron chi connectivity index (χ3n) is 5.61. The van der Waals surface area contributed by atoms with Crippen molar-refractivity contribution in [1.29, 1.82) is 0 Å². The monoisotopic (exact) mass is 464 g/mol. The van der Waals surface area contributed by atoms with Crippen LogP contribution in [0.4, 0.5) is 5.82 Å². The number of piperazine rings is 1. The molecule has 1 fully saturated rings. The summed E-state index contributed by atoms with van der Waals surface area (Å²) in [5.41, 5.74) is 2.41. The summed E-state index contributed by atoms with van der Waals surface area (Å²) >= 11 is 7.39. The third kappa shape index (κ3) is 4.48. The molecule has 162 valence electrons. The van der Waals surface area contributed by atoms with Crippen LogP contribution in [0, 0.1) is 0 Å². The van der Waals surface area contributed by atoms with Crippen LogP contribution in [0.3, 0.4) is 0 Å². The summed E-state index contributed by atoms with van der Waals surface area (Å²) in [7, 11) is 2.11. The number of benzene rings is 1. The zero-order valence-electron chi connectivity index (χ0n) is 17.5. The molecule has 0 spiro atoms. The molecule has 0 radical (unpaired) electrons. The van der Waals surface area contributed by atoms with Crippen molar-refractivity contribution >= 4 is 45.4 Å². The number of fused-ring (bicyclic) bond motifs is 1. The number of likely N-dealkylation sites (N-methyl/N-ethyl adjacent to an activating group) is 1. The van der Waals surface area contributed by atoms with Crippen LogP contribution in [0.15, 0.2) is 48.9 Å². The molecule has 0 atom stereocenters. The number of anilines is 1. The zero-order chi connectivity index (χ0) is 22.1. The SMILES string of the molecule is CN1CCN(c2cc(C(=O)Cc3ncc4ccc(-c5cnc(Cl)s5)cc4n3)ccn2)CC1. The van der Waals surface area contributed by atoms with E-state index in [-0.39, 0.29) is 12.2 Å². The smallest absolute Gasteiger partial charge is 0.184 e. The number of nitrogens with zero attached hydrogens (tertiary/aromatic N) is 6. The maximum atomic E-state index is 13.0. The average molecular weight is 465 g/mol. The average Bonchev–Trinajstić information content (AvgIpc) is 3.25. The van der Waals surface area contributed by atoms with E-state index in [1.807, 2.05) is 24.3 Å². The molecule has 0 N–H and O–H groups in total. The Morgan fingerprint density at radius 2 is 1.91 bits per heavy atom. The molecule has 0 saturated carbocycles. The van der Waals surface area contributed by atoms with E-state index in [9.17, 15) is 4.79 Å². The van der Waals surface area contributed by atoms with Gasteiger partial charge in [0.2, 0.25) is 0 Å². The first-order valence-corrected chi connectivity index (χ1v) is 11.5. The van der Waals surface area contributed by atoms with Gasteiger partial charge in [-0.3, -0.25) is 4.79 Å². The highest BCUT2D eigenvalue weighted by molar-refractivity contribution is 7.18.